The van der Waals surface area contributed by atoms with Crippen LogP contribution < -0.4 is 17.0 Å². The van der Waals surface area contributed by atoms with Gasteiger partial charge in [-0.25, -0.2) is 0 Å². The van der Waals surface area contributed by atoms with Crippen molar-refractivity contribution in [2.24, 2.45) is 23.2 Å². The molecule has 0 amide bonds. The highest BCUT2D eigenvalue weighted by molar-refractivity contribution is 5.86. The van der Waals surface area contributed by atoms with E-state index in [1.165, 1.54) is 109 Å². The van der Waals surface area contributed by atoms with E-state index in [4.69, 9.17) is 0 Å². The maximum atomic E-state index is 13.4. The van der Waals surface area contributed by atoms with Gasteiger partial charge in [-0.1, -0.05) is 58.3 Å². The first-order chi connectivity index (χ1) is 13.4. The van der Waals surface area contributed by atoms with Crippen molar-refractivity contribution in [2.45, 2.75) is 110 Å². The molecule has 4 aliphatic carbocycles. The smallest absolute Gasteiger partial charge is 0.192 e. The number of hydrogen-bond donors (Lipinski definition) is 0. The van der Waals surface area contributed by atoms with Gasteiger partial charge in [-0.3, -0.25) is 4.79 Å². The summed E-state index contributed by atoms with van der Waals surface area (Å²) in [4.78, 5) is 13.4. The van der Waals surface area contributed by atoms with E-state index in [2.05, 4.69) is 21.0 Å². The largest absolute Gasteiger partial charge is 1.00 e. The molecule has 0 atom stereocenters. The highest BCUT2D eigenvalue weighted by Gasteiger charge is 2.55. The molecule has 0 aromatic rings. The second kappa shape index (κ2) is 11.7. The van der Waals surface area contributed by atoms with E-state index in [-0.39, 0.29) is 22.4 Å². The minimum atomic E-state index is 0. The lowest BCUT2D eigenvalue weighted by Crippen LogP contribution is -3.00. The van der Waals surface area contributed by atoms with Crippen LogP contribution in [-0.4, -0.2) is 37.5 Å². The third-order valence-corrected chi connectivity index (χ3v) is 8.32. The molecule has 2 nitrogen and oxygen atoms in total. The number of ketones is 1. The average molecular weight is 471 g/mol. The Morgan fingerprint density at radius 2 is 1.17 bits per heavy atom. The molecule has 0 aromatic carbocycles. The Morgan fingerprint density at radius 3 is 1.62 bits per heavy atom. The molecule has 0 N–H and O–H groups in total. The Hall–Kier alpha value is 0.110. The van der Waals surface area contributed by atoms with E-state index in [1.54, 1.807) is 0 Å². The molecule has 0 aromatic heterocycles. The lowest BCUT2D eigenvalue weighted by atomic mass is 9.48. The molecule has 4 bridgehead atoms. The first-order valence-corrected chi connectivity index (χ1v) is 12.8. The van der Waals surface area contributed by atoms with Gasteiger partial charge in [-0.05, 0) is 69.1 Å². The van der Waals surface area contributed by atoms with Crippen LogP contribution in [0.1, 0.15) is 110 Å². The van der Waals surface area contributed by atoms with Crippen molar-refractivity contribution in [3.63, 3.8) is 0 Å². The maximum absolute atomic E-state index is 13.4. The monoisotopic (exact) mass is 469 g/mol. The first-order valence-electron chi connectivity index (χ1n) is 12.8. The minimum absolute atomic E-state index is 0. The quantitative estimate of drug-likeness (QED) is 0.279. The standard InChI is InChI=1S/C26H48NO.BrH/c1-4-5-6-7-8-9-10-11-12-13-14-27(2,3)21-25(28)26-18-22-15-23(19-26)17-24(16-22)20-26;/h22-24H,4-21H2,1-3H3;1H/q+1;/p-1. The summed E-state index contributed by atoms with van der Waals surface area (Å²) in [5, 5.41) is 0. The van der Waals surface area contributed by atoms with E-state index >= 15 is 0 Å². The van der Waals surface area contributed by atoms with Gasteiger partial charge in [0.2, 0.25) is 0 Å². The summed E-state index contributed by atoms with van der Waals surface area (Å²) >= 11 is 0. The summed E-state index contributed by atoms with van der Waals surface area (Å²) in [5.74, 6) is 3.28. The van der Waals surface area contributed by atoms with Gasteiger partial charge >= 0.3 is 0 Å². The van der Waals surface area contributed by atoms with Crippen LogP contribution in [-0.2, 0) is 4.79 Å². The van der Waals surface area contributed by atoms with Gasteiger partial charge in [-0.15, -0.1) is 0 Å². The number of likely N-dealkylation sites (N-methyl/N-ethyl adjacent to an activating group) is 1. The molecule has 170 valence electrons. The number of unbranched alkanes of at least 4 members (excludes halogenated alkanes) is 9. The first kappa shape index (κ1) is 25.4. The zero-order valence-electron chi connectivity index (χ0n) is 19.7. The van der Waals surface area contributed by atoms with E-state index in [9.17, 15) is 4.79 Å². The van der Waals surface area contributed by atoms with Crippen molar-refractivity contribution < 1.29 is 26.3 Å². The normalized spacial score (nSPS) is 30.4. The number of quaternary nitrogens is 1. The predicted octanol–water partition coefficient (Wildman–Crippen LogP) is 3.77. The predicted molar refractivity (Wildman–Crippen MR) is 119 cm³/mol. The van der Waals surface area contributed by atoms with Gasteiger partial charge in [0.15, 0.2) is 5.78 Å². The molecular formula is C26H48BrNO. The molecule has 4 aliphatic rings. The Bertz CT molecular complexity index is 466. The molecule has 0 saturated heterocycles. The molecule has 29 heavy (non-hydrogen) atoms. The van der Waals surface area contributed by atoms with Crippen LogP contribution in [0.5, 0.6) is 0 Å². The lowest BCUT2D eigenvalue weighted by Gasteiger charge is -2.56. The van der Waals surface area contributed by atoms with E-state index < -0.39 is 0 Å². The summed E-state index contributed by atoms with van der Waals surface area (Å²) in [5.41, 5.74) is 0.0993. The fourth-order valence-corrected chi connectivity index (χ4v) is 7.11. The average Bonchev–Trinajstić information content (AvgIpc) is 2.62. The van der Waals surface area contributed by atoms with Crippen LogP contribution in [0.4, 0.5) is 0 Å². The number of hydrogen-bond acceptors (Lipinski definition) is 1. The summed E-state index contributed by atoms with van der Waals surface area (Å²) in [6.07, 6.45) is 21.9. The number of carbonyl (C=O) groups is 1. The summed E-state index contributed by atoms with van der Waals surface area (Å²) in [6.45, 7) is 4.24. The topological polar surface area (TPSA) is 17.1 Å². The van der Waals surface area contributed by atoms with Crippen LogP contribution in [0.2, 0.25) is 0 Å². The van der Waals surface area contributed by atoms with E-state index in [0.717, 1.165) is 28.8 Å². The number of Topliss-reactive ketones (excluding diaryl/α,β-unsaturated/α-hetero) is 1. The molecule has 4 rings (SSSR count). The van der Waals surface area contributed by atoms with Gasteiger partial charge in [-0.2, -0.15) is 0 Å². The third kappa shape index (κ3) is 7.34. The minimum Gasteiger partial charge on any atom is -1.00 e. The van der Waals surface area contributed by atoms with Gasteiger partial charge in [0.05, 0.1) is 20.6 Å². The van der Waals surface area contributed by atoms with Crippen LogP contribution in [0, 0.1) is 23.2 Å². The molecule has 3 heteroatoms. The fourth-order valence-electron chi connectivity index (χ4n) is 7.11. The van der Waals surface area contributed by atoms with Crippen molar-refractivity contribution in [3.05, 3.63) is 0 Å². The lowest BCUT2D eigenvalue weighted by molar-refractivity contribution is -0.882. The highest BCUT2D eigenvalue weighted by Crippen LogP contribution is 2.60. The molecule has 0 heterocycles. The van der Waals surface area contributed by atoms with Crippen LogP contribution in [0.3, 0.4) is 0 Å². The summed E-state index contributed by atoms with van der Waals surface area (Å²) in [6, 6.07) is 0. The number of halogens is 1. The highest BCUT2D eigenvalue weighted by atomic mass is 79.9. The van der Waals surface area contributed by atoms with Crippen molar-refractivity contribution in [1.29, 1.82) is 0 Å². The Balaban J connectivity index is 0.00000300. The molecule has 4 fully saturated rings. The van der Waals surface area contributed by atoms with Gasteiger partial charge < -0.3 is 21.5 Å². The molecule has 4 saturated carbocycles. The maximum Gasteiger partial charge on any atom is 0.192 e. The van der Waals surface area contributed by atoms with Gasteiger partial charge in [0.1, 0.15) is 6.54 Å². The van der Waals surface area contributed by atoms with Crippen molar-refractivity contribution in [1.82, 2.24) is 0 Å². The SMILES string of the molecule is CCCCCCCCCCCC[N+](C)(C)CC(=O)C12CC3CC(CC(C3)C1)C2.[Br-]. The van der Waals surface area contributed by atoms with Crippen LogP contribution >= 0.6 is 0 Å². The number of rotatable bonds is 14. The van der Waals surface area contributed by atoms with Gasteiger partial charge in [0.25, 0.3) is 0 Å². The Kier molecular flexibility index (Phi) is 10.2. The number of carbonyl (C=O) groups excluding carboxylic acids is 1. The fraction of sp³-hybridized carbons (Fsp3) is 0.962. The Labute approximate surface area is 191 Å². The second-order valence-electron chi connectivity index (χ2n) is 11.6. The molecular weight excluding hydrogens is 422 g/mol. The summed E-state index contributed by atoms with van der Waals surface area (Å²) < 4.78 is 0.914. The molecule has 0 unspecified atom stereocenters. The van der Waals surface area contributed by atoms with Crippen molar-refractivity contribution in [3.8, 4) is 0 Å². The van der Waals surface area contributed by atoms with E-state index in [0.29, 0.717) is 5.78 Å². The molecule has 0 spiro atoms. The Morgan fingerprint density at radius 1 is 0.759 bits per heavy atom. The third-order valence-electron chi connectivity index (χ3n) is 8.32. The second-order valence-corrected chi connectivity index (χ2v) is 11.6. The zero-order chi connectivity index (χ0) is 20.0. The molecule has 0 radical (unpaired) electrons. The zero-order valence-corrected chi connectivity index (χ0v) is 21.3. The van der Waals surface area contributed by atoms with Crippen molar-refractivity contribution >= 4 is 5.78 Å². The van der Waals surface area contributed by atoms with Crippen LogP contribution in [0.25, 0.3) is 0 Å². The van der Waals surface area contributed by atoms with Crippen LogP contribution in [0.15, 0.2) is 0 Å². The van der Waals surface area contributed by atoms with Gasteiger partial charge in [0, 0.05) is 5.41 Å². The van der Waals surface area contributed by atoms with Crippen molar-refractivity contribution in [2.75, 3.05) is 27.2 Å². The number of nitrogens with zero attached hydrogens (tertiary/aromatic N) is 1. The summed E-state index contributed by atoms with van der Waals surface area (Å²) in [7, 11) is 4.60. The molecule has 0 aliphatic heterocycles. The van der Waals surface area contributed by atoms with E-state index in [1.807, 2.05) is 0 Å².